The summed E-state index contributed by atoms with van der Waals surface area (Å²) in [5.41, 5.74) is 2.28. The van der Waals surface area contributed by atoms with Gasteiger partial charge in [-0.3, -0.25) is 0 Å². The molecule has 0 aliphatic heterocycles. The van der Waals surface area contributed by atoms with Gasteiger partial charge in [0.15, 0.2) is 0 Å². The molecule has 4 heteroatoms. The molecule has 20 heavy (non-hydrogen) atoms. The monoisotopic (exact) mass is 273 g/mol. The van der Waals surface area contributed by atoms with Gasteiger partial charge in [0.2, 0.25) is 11.8 Å². The lowest BCUT2D eigenvalue weighted by Crippen LogP contribution is -2.20. The highest BCUT2D eigenvalue weighted by molar-refractivity contribution is 5.53. The van der Waals surface area contributed by atoms with Crippen molar-refractivity contribution in [2.45, 2.75) is 46.1 Å². The Morgan fingerprint density at radius 1 is 1.10 bits per heavy atom. The Hall–Kier alpha value is -1.68. The fraction of sp³-hybridized carbons (Fsp3) is 0.500. The maximum absolute atomic E-state index is 5.79. The van der Waals surface area contributed by atoms with Crippen molar-refractivity contribution in [2.75, 3.05) is 6.54 Å². The molecule has 2 rings (SSSR count). The van der Waals surface area contributed by atoms with Gasteiger partial charge in [0.1, 0.15) is 0 Å². The molecule has 0 aliphatic carbocycles. The molecule has 1 aromatic carbocycles. The summed E-state index contributed by atoms with van der Waals surface area (Å²) in [6, 6.07) is 8.45. The smallest absolute Gasteiger partial charge is 0.247 e. The topological polar surface area (TPSA) is 51.0 Å². The van der Waals surface area contributed by atoms with Gasteiger partial charge in [-0.25, -0.2) is 0 Å². The van der Waals surface area contributed by atoms with Crippen LogP contribution in [0.15, 0.2) is 28.7 Å². The number of nitrogens with one attached hydrogen (secondary N) is 1. The first kappa shape index (κ1) is 14.7. The van der Waals surface area contributed by atoms with E-state index in [0.717, 1.165) is 18.5 Å². The van der Waals surface area contributed by atoms with Crippen LogP contribution in [0, 0.1) is 0 Å². The predicted molar refractivity (Wildman–Crippen MR) is 80.5 cm³/mol. The van der Waals surface area contributed by atoms with Crippen LogP contribution < -0.4 is 5.32 Å². The highest BCUT2D eigenvalue weighted by Crippen LogP contribution is 2.24. The predicted octanol–water partition coefficient (Wildman–Crippen LogP) is 3.92. The second-order valence-corrected chi connectivity index (χ2v) is 5.24. The zero-order valence-electron chi connectivity index (χ0n) is 12.7. The minimum Gasteiger partial charge on any atom is -0.419 e. The maximum atomic E-state index is 5.79. The first-order valence-electron chi connectivity index (χ1n) is 7.32. The second kappa shape index (κ2) is 6.66. The van der Waals surface area contributed by atoms with Gasteiger partial charge in [-0.05, 0) is 36.6 Å². The molecule has 1 atom stereocenters. The average Bonchev–Trinajstić information content (AvgIpc) is 2.94. The lowest BCUT2D eigenvalue weighted by molar-refractivity contribution is 0.402. The fourth-order valence-corrected chi connectivity index (χ4v) is 2.16. The largest absolute Gasteiger partial charge is 0.419 e. The van der Waals surface area contributed by atoms with Crippen molar-refractivity contribution in [3.8, 4) is 11.5 Å². The van der Waals surface area contributed by atoms with E-state index in [9.17, 15) is 0 Å². The van der Waals surface area contributed by atoms with E-state index in [1.165, 1.54) is 5.56 Å². The van der Waals surface area contributed by atoms with Crippen LogP contribution in [0.5, 0.6) is 0 Å². The van der Waals surface area contributed by atoms with Crippen LogP contribution in [-0.4, -0.2) is 16.7 Å². The summed E-state index contributed by atoms with van der Waals surface area (Å²) < 4.78 is 5.79. The molecule has 4 nitrogen and oxygen atoms in total. The molecular formula is C16H23N3O. The summed E-state index contributed by atoms with van der Waals surface area (Å²) in [5, 5.41) is 11.7. The molecule has 0 spiro atoms. The van der Waals surface area contributed by atoms with Crippen LogP contribution in [0.4, 0.5) is 0 Å². The molecule has 1 unspecified atom stereocenters. The van der Waals surface area contributed by atoms with Gasteiger partial charge >= 0.3 is 0 Å². The quantitative estimate of drug-likeness (QED) is 0.866. The lowest BCUT2D eigenvalue weighted by Gasteiger charge is -2.10. The number of aromatic nitrogens is 2. The molecule has 0 amide bonds. The molecule has 0 saturated carbocycles. The summed E-state index contributed by atoms with van der Waals surface area (Å²) in [6.45, 7) is 9.43. The van der Waals surface area contributed by atoms with Gasteiger partial charge in [-0.1, -0.05) is 39.8 Å². The van der Waals surface area contributed by atoms with Crippen molar-refractivity contribution in [1.29, 1.82) is 0 Å². The molecule has 0 fully saturated rings. The minimum absolute atomic E-state index is 0.135. The van der Waals surface area contributed by atoms with E-state index in [2.05, 4.69) is 55.3 Å². The number of hydrogen-bond donors (Lipinski definition) is 1. The van der Waals surface area contributed by atoms with E-state index >= 15 is 0 Å². The number of benzene rings is 1. The van der Waals surface area contributed by atoms with Crippen LogP contribution in [-0.2, 0) is 0 Å². The summed E-state index contributed by atoms with van der Waals surface area (Å²) in [7, 11) is 0. The Kier molecular flexibility index (Phi) is 4.90. The van der Waals surface area contributed by atoms with E-state index < -0.39 is 0 Å². The van der Waals surface area contributed by atoms with Crippen LogP contribution in [0.2, 0.25) is 0 Å². The van der Waals surface area contributed by atoms with Crippen LogP contribution in [0.3, 0.4) is 0 Å². The van der Waals surface area contributed by atoms with Crippen molar-refractivity contribution < 1.29 is 4.42 Å². The Morgan fingerprint density at radius 3 is 2.35 bits per heavy atom. The van der Waals surface area contributed by atoms with E-state index in [4.69, 9.17) is 4.42 Å². The normalized spacial score (nSPS) is 12.8. The van der Waals surface area contributed by atoms with E-state index in [1.54, 1.807) is 0 Å². The first-order valence-corrected chi connectivity index (χ1v) is 7.32. The third-order valence-corrected chi connectivity index (χ3v) is 3.42. The third-order valence-electron chi connectivity index (χ3n) is 3.42. The van der Waals surface area contributed by atoms with Gasteiger partial charge < -0.3 is 9.73 Å². The summed E-state index contributed by atoms with van der Waals surface area (Å²) in [6.07, 6.45) is 0.932. The molecule has 0 radical (unpaired) electrons. The van der Waals surface area contributed by atoms with Gasteiger partial charge in [0.05, 0.1) is 6.04 Å². The molecule has 1 aromatic heterocycles. The zero-order valence-corrected chi connectivity index (χ0v) is 12.7. The fourth-order valence-electron chi connectivity index (χ4n) is 2.16. The average molecular weight is 273 g/mol. The zero-order chi connectivity index (χ0) is 14.5. The van der Waals surface area contributed by atoms with Crippen molar-refractivity contribution >= 4 is 0 Å². The number of nitrogens with zero attached hydrogens (tertiary/aromatic N) is 2. The number of rotatable bonds is 6. The summed E-state index contributed by atoms with van der Waals surface area (Å²) in [5.74, 6) is 1.78. The second-order valence-electron chi connectivity index (χ2n) is 5.24. The van der Waals surface area contributed by atoms with E-state index in [-0.39, 0.29) is 6.04 Å². The Morgan fingerprint density at radius 2 is 1.80 bits per heavy atom. The van der Waals surface area contributed by atoms with Crippen molar-refractivity contribution in [1.82, 2.24) is 15.5 Å². The lowest BCUT2D eigenvalue weighted by atomic mass is 10.0. The van der Waals surface area contributed by atoms with Crippen molar-refractivity contribution in [2.24, 2.45) is 0 Å². The minimum atomic E-state index is 0.135. The van der Waals surface area contributed by atoms with Gasteiger partial charge in [0, 0.05) is 5.56 Å². The van der Waals surface area contributed by atoms with Gasteiger partial charge in [-0.2, -0.15) is 0 Å². The van der Waals surface area contributed by atoms with E-state index in [1.807, 2.05) is 12.1 Å². The maximum Gasteiger partial charge on any atom is 0.247 e. The summed E-state index contributed by atoms with van der Waals surface area (Å²) >= 11 is 0. The molecule has 1 N–H and O–H groups in total. The van der Waals surface area contributed by atoms with E-state index in [0.29, 0.717) is 17.7 Å². The third kappa shape index (κ3) is 3.25. The standard InChI is InChI=1S/C16H23N3O/c1-5-14(17-6-2)16-19-18-15(20-16)13-9-7-12(8-10-13)11(3)4/h7-11,14,17H,5-6H2,1-4H3. The molecule has 0 saturated heterocycles. The Bertz CT molecular complexity index is 531. The highest BCUT2D eigenvalue weighted by atomic mass is 16.4. The summed E-state index contributed by atoms with van der Waals surface area (Å²) in [4.78, 5) is 0. The Labute approximate surface area is 120 Å². The number of hydrogen-bond acceptors (Lipinski definition) is 4. The van der Waals surface area contributed by atoms with Crippen LogP contribution in [0.1, 0.15) is 57.5 Å². The van der Waals surface area contributed by atoms with Gasteiger partial charge in [0.25, 0.3) is 0 Å². The van der Waals surface area contributed by atoms with Crippen molar-refractivity contribution in [3.63, 3.8) is 0 Å². The SMILES string of the molecule is CCNC(CC)c1nnc(-c2ccc(C(C)C)cc2)o1. The van der Waals surface area contributed by atoms with Crippen molar-refractivity contribution in [3.05, 3.63) is 35.7 Å². The highest BCUT2D eigenvalue weighted by Gasteiger charge is 2.16. The molecule has 108 valence electrons. The van der Waals surface area contributed by atoms with Crippen LogP contribution >= 0.6 is 0 Å². The van der Waals surface area contributed by atoms with Gasteiger partial charge in [-0.15, -0.1) is 10.2 Å². The Balaban J connectivity index is 2.19. The molecular weight excluding hydrogens is 250 g/mol. The molecule has 0 aliphatic rings. The first-order chi connectivity index (χ1) is 9.65. The molecule has 1 heterocycles. The molecule has 2 aromatic rings. The van der Waals surface area contributed by atoms with Crippen LogP contribution in [0.25, 0.3) is 11.5 Å². The molecule has 0 bridgehead atoms.